The van der Waals surface area contributed by atoms with Gasteiger partial charge in [0.25, 0.3) is 5.91 Å². The van der Waals surface area contributed by atoms with Crippen LogP contribution >= 0.6 is 27.5 Å². The van der Waals surface area contributed by atoms with E-state index >= 15 is 0 Å². The summed E-state index contributed by atoms with van der Waals surface area (Å²) in [5.41, 5.74) is 0.746. The monoisotopic (exact) mass is 275 g/mol. The van der Waals surface area contributed by atoms with Crippen LogP contribution in [0.4, 0.5) is 5.69 Å². The second-order valence-corrected chi connectivity index (χ2v) is 5.33. The van der Waals surface area contributed by atoms with Crippen molar-refractivity contribution in [2.24, 2.45) is 0 Å². The third-order valence-electron chi connectivity index (χ3n) is 1.81. The number of hydrogen-bond acceptors (Lipinski definition) is 1. The van der Waals surface area contributed by atoms with Crippen LogP contribution in [0.2, 0.25) is 0 Å². The van der Waals surface area contributed by atoms with Gasteiger partial charge in [0.2, 0.25) is 0 Å². The van der Waals surface area contributed by atoms with E-state index in [0.717, 1.165) is 5.69 Å². The molecular formula is C10H11BrClNO. The van der Waals surface area contributed by atoms with Crippen molar-refractivity contribution in [3.8, 4) is 0 Å². The number of hydrogen-bond donors (Lipinski definition) is 1. The molecule has 0 aliphatic carbocycles. The van der Waals surface area contributed by atoms with E-state index in [9.17, 15) is 4.79 Å². The van der Waals surface area contributed by atoms with Crippen LogP contribution < -0.4 is 5.32 Å². The Balaban J connectivity index is 2.67. The smallest absolute Gasteiger partial charge is 0.256 e. The molecule has 4 heteroatoms. The molecule has 1 N–H and O–H groups in total. The van der Waals surface area contributed by atoms with Gasteiger partial charge in [-0.25, -0.2) is 0 Å². The molecule has 1 aromatic rings. The maximum Gasteiger partial charge on any atom is 0.256 e. The Labute approximate surface area is 96.8 Å². The van der Waals surface area contributed by atoms with Crippen molar-refractivity contribution in [1.82, 2.24) is 0 Å². The van der Waals surface area contributed by atoms with E-state index in [4.69, 9.17) is 11.6 Å². The Hall–Kier alpha value is -0.540. The highest BCUT2D eigenvalue weighted by molar-refractivity contribution is 9.10. The van der Waals surface area contributed by atoms with E-state index < -0.39 is 3.78 Å². The molecule has 1 atom stereocenters. The highest BCUT2D eigenvalue weighted by Gasteiger charge is 2.30. The number of amides is 1. The fraction of sp³-hybridized carbons (Fsp3) is 0.300. The normalized spacial score (nSPS) is 14.5. The molecule has 14 heavy (non-hydrogen) atoms. The van der Waals surface area contributed by atoms with E-state index in [2.05, 4.69) is 21.2 Å². The lowest BCUT2D eigenvalue weighted by Gasteiger charge is -2.16. The van der Waals surface area contributed by atoms with Gasteiger partial charge in [0.05, 0.1) is 0 Å². The van der Waals surface area contributed by atoms with E-state index in [0.29, 0.717) is 6.42 Å². The summed E-state index contributed by atoms with van der Waals surface area (Å²) >= 11 is 9.08. The number of rotatable bonds is 3. The first kappa shape index (κ1) is 11.5. The number of carbonyl (C=O) groups is 1. The second kappa shape index (κ2) is 4.80. The molecule has 0 aliphatic heterocycles. The quantitative estimate of drug-likeness (QED) is 0.843. The molecule has 1 rings (SSSR count). The number of nitrogens with one attached hydrogen (secondary N) is 1. The van der Waals surface area contributed by atoms with E-state index in [1.54, 1.807) is 0 Å². The summed E-state index contributed by atoms with van der Waals surface area (Å²) in [6.07, 6.45) is 0.521. The average Bonchev–Trinajstić information content (AvgIpc) is 2.19. The van der Waals surface area contributed by atoms with Crippen LogP contribution in [0.3, 0.4) is 0 Å². The SMILES string of the molecule is CCC(Cl)(Br)C(=O)Nc1ccccc1. The van der Waals surface area contributed by atoms with Crippen molar-refractivity contribution in [2.45, 2.75) is 17.1 Å². The van der Waals surface area contributed by atoms with Crippen molar-refractivity contribution in [1.29, 1.82) is 0 Å². The summed E-state index contributed by atoms with van der Waals surface area (Å²) < 4.78 is -1.01. The molecule has 2 nitrogen and oxygen atoms in total. The van der Waals surface area contributed by atoms with Crippen LogP contribution in [0.15, 0.2) is 30.3 Å². The lowest BCUT2D eigenvalue weighted by molar-refractivity contribution is -0.116. The maximum absolute atomic E-state index is 11.6. The molecule has 76 valence electrons. The first-order chi connectivity index (χ1) is 6.56. The number of para-hydroxylation sites is 1. The molecule has 0 radical (unpaired) electrons. The number of carbonyl (C=O) groups excluding carboxylic acids is 1. The van der Waals surface area contributed by atoms with Gasteiger partial charge in [0, 0.05) is 5.69 Å². The summed E-state index contributed by atoms with van der Waals surface area (Å²) in [5.74, 6) is -0.243. The second-order valence-electron chi connectivity index (χ2n) is 2.88. The van der Waals surface area contributed by atoms with E-state index in [1.807, 2.05) is 37.3 Å². The van der Waals surface area contributed by atoms with Gasteiger partial charge in [-0.2, -0.15) is 0 Å². The van der Waals surface area contributed by atoms with Crippen LogP contribution in [0.25, 0.3) is 0 Å². The third kappa shape index (κ3) is 3.00. The predicted octanol–water partition coefficient (Wildman–Crippen LogP) is 3.37. The third-order valence-corrected chi connectivity index (χ3v) is 3.17. The van der Waals surface area contributed by atoms with Crippen molar-refractivity contribution in [3.05, 3.63) is 30.3 Å². The molecule has 0 fully saturated rings. The zero-order valence-corrected chi connectivity index (χ0v) is 10.1. The minimum absolute atomic E-state index is 0.243. The van der Waals surface area contributed by atoms with Gasteiger partial charge in [-0.15, -0.1) is 0 Å². The molecule has 0 spiro atoms. The number of halogens is 2. The topological polar surface area (TPSA) is 29.1 Å². The van der Waals surface area contributed by atoms with Crippen LogP contribution in [0.1, 0.15) is 13.3 Å². The standard InChI is InChI=1S/C10H11BrClNO/c1-2-10(11,12)9(14)13-8-6-4-3-5-7-8/h3-7H,2H2,1H3,(H,13,14). The van der Waals surface area contributed by atoms with E-state index in [1.165, 1.54) is 0 Å². The van der Waals surface area contributed by atoms with Crippen molar-refractivity contribution < 1.29 is 4.79 Å². The first-order valence-electron chi connectivity index (χ1n) is 4.30. The summed E-state index contributed by atoms with van der Waals surface area (Å²) in [6, 6.07) is 9.22. The van der Waals surface area contributed by atoms with Gasteiger partial charge >= 0.3 is 0 Å². The molecule has 1 amide bonds. The van der Waals surface area contributed by atoms with Crippen molar-refractivity contribution in [3.63, 3.8) is 0 Å². The summed E-state index contributed by atoms with van der Waals surface area (Å²) in [5, 5.41) is 2.72. The minimum atomic E-state index is -1.01. The zero-order chi connectivity index (χ0) is 10.6. The van der Waals surface area contributed by atoms with Gasteiger partial charge in [-0.05, 0) is 18.6 Å². The summed E-state index contributed by atoms with van der Waals surface area (Å²) in [4.78, 5) is 11.6. The minimum Gasteiger partial charge on any atom is -0.324 e. The van der Waals surface area contributed by atoms with Gasteiger partial charge in [-0.3, -0.25) is 4.79 Å². The van der Waals surface area contributed by atoms with Gasteiger partial charge < -0.3 is 5.32 Å². The molecule has 0 aliphatic rings. The molecule has 1 aromatic carbocycles. The fourth-order valence-electron chi connectivity index (χ4n) is 0.905. The Morgan fingerprint density at radius 2 is 2.07 bits per heavy atom. The molecule has 0 saturated heterocycles. The first-order valence-corrected chi connectivity index (χ1v) is 5.47. The summed E-state index contributed by atoms with van der Waals surface area (Å²) in [6.45, 7) is 1.84. The van der Waals surface area contributed by atoms with Crippen LogP contribution in [-0.2, 0) is 4.79 Å². The van der Waals surface area contributed by atoms with Crippen LogP contribution in [0.5, 0.6) is 0 Å². The Morgan fingerprint density at radius 3 is 2.57 bits per heavy atom. The Kier molecular flexibility index (Phi) is 3.96. The Morgan fingerprint density at radius 1 is 1.50 bits per heavy atom. The summed E-state index contributed by atoms with van der Waals surface area (Å²) in [7, 11) is 0. The van der Waals surface area contributed by atoms with Crippen LogP contribution in [0, 0.1) is 0 Å². The molecule has 0 heterocycles. The lowest BCUT2D eigenvalue weighted by Crippen LogP contribution is -2.31. The van der Waals surface area contributed by atoms with Crippen molar-refractivity contribution in [2.75, 3.05) is 5.32 Å². The lowest BCUT2D eigenvalue weighted by atomic mass is 10.3. The number of alkyl halides is 2. The maximum atomic E-state index is 11.6. The van der Waals surface area contributed by atoms with E-state index in [-0.39, 0.29) is 5.91 Å². The molecule has 1 unspecified atom stereocenters. The van der Waals surface area contributed by atoms with Gasteiger partial charge in [0.1, 0.15) is 0 Å². The molecule has 0 bridgehead atoms. The largest absolute Gasteiger partial charge is 0.324 e. The zero-order valence-electron chi connectivity index (χ0n) is 7.76. The highest BCUT2D eigenvalue weighted by atomic mass is 79.9. The number of benzene rings is 1. The fourth-order valence-corrected chi connectivity index (χ4v) is 1.05. The number of anilines is 1. The van der Waals surface area contributed by atoms with Gasteiger partial charge in [0.15, 0.2) is 3.78 Å². The molecule has 0 saturated carbocycles. The van der Waals surface area contributed by atoms with Crippen LogP contribution in [-0.4, -0.2) is 9.69 Å². The molecular weight excluding hydrogens is 265 g/mol. The highest BCUT2D eigenvalue weighted by Crippen LogP contribution is 2.28. The van der Waals surface area contributed by atoms with Gasteiger partial charge in [-0.1, -0.05) is 52.7 Å². The average molecular weight is 277 g/mol. The molecule has 0 aromatic heterocycles. The predicted molar refractivity (Wildman–Crippen MR) is 62.9 cm³/mol. The Bertz CT molecular complexity index is 313. The van der Waals surface area contributed by atoms with Crippen molar-refractivity contribution >= 4 is 39.1 Å².